The molecule has 0 fully saturated rings. The van der Waals surface area contributed by atoms with Crippen molar-refractivity contribution in [2.75, 3.05) is 5.32 Å². The number of fused-ring (bicyclic) bond motifs is 1. The van der Waals surface area contributed by atoms with Crippen LogP contribution in [0, 0.1) is 11.3 Å². The molecule has 148 valence electrons. The zero-order valence-corrected chi connectivity index (χ0v) is 16.3. The van der Waals surface area contributed by atoms with Gasteiger partial charge in [-0.05, 0) is 26.3 Å². The van der Waals surface area contributed by atoms with Crippen molar-refractivity contribution in [1.82, 2.24) is 10.3 Å². The highest BCUT2D eigenvalue weighted by Crippen LogP contribution is 2.51. The standard InChI is InChI=1S/C22H20F2N4O/c1-21(2)9-15-17(20(29)28-21)22(3,12-7-5-4-6-8-12)16-13(10-25)14(18(23)24)11-26-19(16)27-15/h4-8,11,18H,9H2,1-3H3,(H,26,27)(H,28,29). The zero-order valence-electron chi connectivity index (χ0n) is 16.3. The van der Waals surface area contributed by atoms with Gasteiger partial charge in [-0.3, -0.25) is 4.79 Å². The minimum atomic E-state index is -2.85. The van der Waals surface area contributed by atoms with Gasteiger partial charge < -0.3 is 10.6 Å². The van der Waals surface area contributed by atoms with E-state index in [1.165, 1.54) is 0 Å². The van der Waals surface area contributed by atoms with E-state index in [-0.39, 0.29) is 11.5 Å². The number of nitrogens with zero attached hydrogens (tertiary/aromatic N) is 2. The molecule has 0 saturated heterocycles. The second-order valence-electron chi connectivity index (χ2n) is 8.21. The molecular weight excluding hydrogens is 374 g/mol. The molecule has 1 amide bonds. The minimum absolute atomic E-state index is 0.145. The van der Waals surface area contributed by atoms with Crippen LogP contribution in [0.2, 0.25) is 0 Å². The fraction of sp³-hybridized carbons (Fsp3) is 0.318. The molecular formula is C22H20F2N4O. The number of carbonyl (C=O) groups excluding carboxylic acids is 1. The number of alkyl halides is 2. The Hall–Kier alpha value is -3.27. The van der Waals surface area contributed by atoms with E-state index in [2.05, 4.69) is 15.6 Å². The number of aromatic nitrogens is 1. The number of carbonyl (C=O) groups is 1. The first-order chi connectivity index (χ1) is 13.7. The van der Waals surface area contributed by atoms with E-state index in [9.17, 15) is 18.8 Å². The molecule has 7 heteroatoms. The lowest BCUT2D eigenvalue weighted by molar-refractivity contribution is -0.120. The van der Waals surface area contributed by atoms with Crippen molar-refractivity contribution in [3.8, 4) is 6.07 Å². The van der Waals surface area contributed by atoms with E-state index in [1.54, 1.807) is 6.92 Å². The number of amides is 1. The van der Waals surface area contributed by atoms with Crippen LogP contribution < -0.4 is 10.6 Å². The molecule has 1 aromatic carbocycles. The predicted octanol–water partition coefficient (Wildman–Crippen LogP) is 4.17. The monoisotopic (exact) mass is 394 g/mol. The number of pyridine rings is 1. The zero-order chi connectivity index (χ0) is 21.0. The average molecular weight is 394 g/mol. The molecule has 0 spiro atoms. The Morgan fingerprint density at radius 2 is 1.90 bits per heavy atom. The Morgan fingerprint density at radius 3 is 2.52 bits per heavy atom. The molecule has 1 unspecified atom stereocenters. The number of nitrogens with one attached hydrogen (secondary N) is 2. The van der Waals surface area contributed by atoms with Crippen molar-refractivity contribution in [3.63, 3.8) is 0 Å². The Kier molecular flexibility index (Phi) is 4.19. The van der Waals surface area contributed by atoms with E-state index in [1.807, 2.05) is 50.2 Å². The van der Waals surface area contributed by atoms with Gasteiger partial charge in [-0.25, -0.2) is 13.8 Å². The van der Waals surface area contributed by atoms with Gasteiger partial charge in [-0.15, -0.1) is 0 Å². The SMILES string of the molecule is CC1(C)CC2=C(C(=O)N1)C(C)(c1ccccc1)c1c(ncc(C(F)F)c1C#N)N2. The largest absolute Gasteiger partial charge is 0.347 e. The highest BCUT2D eigenvalue weighted by molar-refractivity contribution is 6.01. The number of nitriles is 1. The molecule has 1 aromatic heterocycles. The summed E-state index contributed by atoms with van der Waals surface area (Å²) in [5.41, 5.74) is -0.00464. The Labute approximate surface area is 167 Å². The molecule has 2 aliphatic heterocycles. The lowest BCUT2D eigenvalue weighted by atomic mass is 9.64. The highest BCUT2D eigenvalue weighted by atomic mass is 19.3. The lowest BCUT2D eigenvalue weighted by Crippen LogP contribution is -2.54. The number of benzene rings is 1. The maximum absolute atomic E-state index is 13.6. The van der Waals surface area contributed by atoms with Crippen molar-refractivity contribution >= 4 is 11.7 Å². The van der Waals surface area contributed by atoms with Gasteiger partial charge >= 0.3 is 0 Å². The molecule has 2 aromatic rings. The summed E-state index contributed by atoms with van der Waals surface area (Å²) >= 11 is 0. The fourth-order valence-electron chi connectivity index (χ4n) is 4.44. The molecule has 0 aliphatic carbocycles. The van der Waals surface area contributed by atoms with Gasteiger partial charge in [0.2, 0.25) is 0 Å². The normalized spacial score (nSPS) is 22.3. The van der Waals surface area contributed by atoms with Crippen LogP contribution in [-0.4, -0.2) is 16.4 Å². The molecule has 0 bridgehead atoms. The van der Waals surface area contributed by atoms with Crippen molar-refractivity contribution < 1.29 is 13.6 Å². The van der Waals surface area contributed by atoms with Gasteiger partial charge in [-0.1, -0.05) is 30.3 Å². The van der Waals surface area contributed by atoms with Crippen molar-refractivity contribution in [2.45, 2.75) is 44.6 Å². The molecule has 3 heterocycles. The van der Waals surface area contributed by atoms with Crippen LogP contribution in [0.15, 0.2) is 47.8 Å². The van der Waals surface area contributed by atoms with Crippen molar-refractivity contribution in [2.24, 2.45) is 0 Å². The van der Waals surface area contributed by atoms with Crippen LogP contribution in [0.3, 0.4) is 0 Å². The van der Waals surface area contributed by atoms with E-state index >= 15 is 0 Å². The number of hydrogen-bond acceptors (Lipinski definition) is 4. The third-order valence-electron chi connectivity index (χ3n) is 5.68. The molecule has 2 aliphatic rings. The van der Waals surface area contributed by atoms with E-state index < -0.39 is 22.9 Å². The summed E-state index contributed by atoms with van der Waals surface area (Å²) < 4.78 is 27.3. The highest BCUT2D eigenvalue weighted by Gasteiger charge is 2.49. The lowest BCUT2D eigenvalue weighted by Gasteiger charge is -2.45. The van der Waals surface area contributed by atoms with Gasteiger partial charge in [0.1, 0.15) is 11.9 Å². The van der Waals surface area contributed by atoms with E-state index in [0.717, 1.165) is 11.8 Å². The number of anilines is 1. The van der Waals surface area contributed by atoms with Crippen LogP contribution in [0.1, 0.15) is 55.9 Å². The molecule has 1 atom stereocenters. The second kappa shape index (κ2) is 6.38. The Morgan fingerprint density at radius 1 is 1.21 bits per heavy atom. The molecule has 2 N–H and O–H groups in total. The Balaban J connectivity index is 2.10. The first-order valence-electron chi connectivity index (χ1n) is 9.29. The number of rotatable bonds is 2. The van der Waals surface area contributed by atoms with Crippen LogP contribution in [0.25, 0.3) is 0 Å². The Bertz CT molecular complexity index is 1090. The van der Waals surface area contributed by atoms with Gasteiger partial charge in [0, 0.05) is 29.4 Å². The third-order valence-corrected chi connectivity index (χ3v) is 5.68. The van der Waals surface area contributed by atoms with E-state index in [0.29, 0.717) is 29.1 Å². The summed E-state index contributed by atoms with van der Waals surface area (Å²) in [6, 6.07) is 11.1. The summed E-state index contributed by atoms with van der Waals surface area (Å²) in [7, 11) is 0. The molecule has 0 saturated carbocycles. The second-order valence-corrected chi connectivity index (χ2v) is 8.21. The van der Waals surface area contributed by atoms with Gasteiger partial charge in [0.25, 0.3) is 12.3 Å². The maximum atomic E-state index is 13.6. The van der Waals surface area contributed by atoms with Crippen LogP contribution in [0.5, 0.6) is 0 Å². The molecule has 0 radical (unpaired) electrons. The van der Waals surface area contributed by atoms with Gasteiger partial charge in [0.15, 0.2) is 0 Å². The number of halogens is 2. The van der Waals surface area contributed by atoms with Crippen LogP contribution >= 0.6 is 0 Å². The van der Waals surface area contributed by atoms with Crippen LogP contribution in [-0.2, 0) is 10.2 Å². The number of hydrogen-bond donors (Lipinski definition) is 2. The first-order valence-corrected chi connectivity index (χ1v) is 9.29. The average Bonchev–Trinajstić information content (AvgIpc) is 2.66. The minimum Gasteiger partial charge on any atom is -0.347 e. The van der Waals surface area contributed by atoms with E-state index in [4.69, 9.17) is 0 Å². The molecule has 5 nitrogen and oxygen atoms in total. The third kappa shape index (κ3) is 2.79. The summed E-state index contributed by atoms with van der Waals surface area (Å²) in [5, 5.41) is 16.0. The first kappa shape index (κ1) is 19.1. The summed E-state index contributed by atoms with van der Waals surface area (Å²) in [4.78, 5) is 17.4. The summed E-state index contributed by atoms with van der Waals surface area (Å²) in [6.45, 7) is 5.63. The summed E-state index contributed by atoms with van der Waals surface area (Å²) in [5.74, 6) is 0.0497. The smallest absolute Gasteiger partial charge is 0.266 e. The van der Waals surface area contributed by atoms with Crippen molar-refractivity contribution in [1.29, 1.82) is 5.26 Å². The molecule has 29 heavy (non-hydrogen) atoms. The van der Waals surface area contributed by atoms with Crippen LogP contribution in [0.4, 0.5) is 14.6 Å². The maximum Gasteiger partial charge on any atom is 0.266 e. The predicted molar refractivity (Wildman–Crippen MR) is 104 cm³/mol. The quantitative estimate of drug-likeness (QED) is 0.801. The van der Waals surface area contributed by atoms with Crippen molar-refractivity contribution in [3.05, 3.63) is 70.1 Å². The summed E-state index contributed by atoms with van der Waals surface area (Å²) in [6.07, 6.45) is -1.28. The molecule has 4 rings (SSSR count). The van der Waals surface area contributed by atoms with Gasteiger partial charge in [-0.2, -0.15) is 5.26 Å². The topological polar surface area (TPSA) is 77.8 Å². The fourth-order valence-corrected chi connectivity index (χ4v) is 4.44. The van der Waals surface area contributed by atoms with Gasteiger partial charge in [0.05, 0.1) is 22.1 Å².